The van der Waals surface area contributed by atoms with Crippen LogP contribution < -0.4 is 5.32 Å². The van der Waals surface area contributed by atoms with Crippen LogP contribution in [0.5, 0.6) is 0 Å². The highest BCUT2D eigenvalue weighted by Gasteiger charge is 2.16. The van der Waals surface area contributed by atoms with Gasteiger partial charge in [0.15, 0.2) is 5.78 Å². The fourth-order valence-electron chi connectivity index (χ4n) is 3.26. The van der Waals surface area contributed by atoms with E-state index in [1.54, 1.807) is 0 Å². The van der Waals surface area contributed by atoms with Crippen LogP contribution in [0, 0.1) is 0 Å². The number of ketones is 1. The van der Waals surface area contributed by atoms with Gasteiger partial charge in [-0.1, -0.05) is 72.2 Å². The Hall–Kier alpha value is -2.16. The Morgan fingerprint density at radius 2 is 1.62 bits per heavy atom. The minimum atomic E-state index is 0.110. The summed E-state index contributed by atoms with van der Waals surface area (Å²) in [6, 6.07) is 10.5. The van der Waals surface area contributed by atoms with E-state index in [0.29, 0.717) is 24.0 Å². The highest BCUT2D eigenvalue weighted by molar-refractivity contribution is 5.95. The predicted octanol–water partition coefficient (Wildman–Crippen LogP) is 6.62. The minimum absolute atomic E-state index is 0.110. The molecule has 0 saturated carbocycles. The fourth-order valence-corrected chi connectivity index (χ4v) is 3.26. The summed E-state index contributed by atoms with van der Waals surface area (Å²) in [5.41, 5.74) is 5.35. The number of benzene rings is 1. The summed E-state index contributed by atoms with van der Waals surface area (Å²) < 4.78 is 0. The molecular formula is C23H32N2O. The van der Waals surface area contributed by atoms with Crippen molar-refractivity contribution in [3.63, 3.8) is 0 Å². The number of nitrogens with one attached hydrogen (secondary N) is 1. The number of anilines is 2. The summed E-state index contributed by atoms with van der Waals surface area (Å²) in [6.07, 6.45) is 2.37. The third-order valence-electron chi connectivity index (χ3n) is 4.71. The lowest BCUT2D eigenvalue weighted by Crippen LogP contribution is -2.10. The first-order chi connectivity index (χ1) is 12.4. The maximum atomic E-state index is 12.4. The fraction of sp³-hybridized carbons (Fsp3) is 0.478. The van der Waals surface area contributed by atoms with Crippen molar-refractivity contribution in [3.05, 3.63) is 52.7 Å². The van der Waals surface area contributed by atoms with E-state index >= 15 is 0 Å². The Morgan fingerprint density at radius 1 is 1.00 bits per heavy atom. The van der Waals surface area contributed by atoms with Crippen molar-refractivity contribution in [2.45, 2.75) is 72.6 Å². The largest absolute Gasteiger partial charge is 0.340 e. The average Bonchev–Trinajstić information content (AvgIpc) is 2.62. The summed E-state index contributed by atoms with van der Waals surface area (Å²) in [6.45, 7) is 12.8. The third kappa shape index (κ3) is 4.51. The number of hydrogen-bond acceptors (Lipinski definition) is 3. The molecule has 1 N–H and O–H groups in total. The number of nitrogens with zero attached hydrogens (tertiary/aromatic N) is 1. The minimum Gasteiger partial charge on any atom is -0.340 e. The van der Waals surface area contributed by atoms with Crippen LogP contribution in [0.4, 0.5) is 11.5 Å². The monoisotopic (exact) mass is 352 g/mol. The molecule has 0 spiro atoms. The second-order valence-corrected chi connectivity index (χ2v) is 7.48. The van der Waals surface area contributed by atoms with Gasteiger partial charge in [0.05, 0.1) is 0 Å². The number of carbonyl (C=O) groups excluding carboxylic acids is 1. The van der Waals surface area contributed by atoms with Gasteiger partial charge in [0.2, 0.25) is 0 Å². The van der Waals surface area contributed by atoms with Crippen molar-refractivity contribution in [2.24, 2.45) is 0 Å². The van der Waals surface area contributed by atoms with Gasteiger partial charge in [-0.15, -0.1) is 0 Å². The maximum absolute atomic E-state index is 12.4. The van der Waals surface area contributed by atoms with Crippen LogP contribution in [0.3, 0.4) is 0 Å². The summed E-state index contributed by atoms with van der Waals surface area (Å²) in [7, 11) is 0. The Kier molecular flexibility index (Phi) is 6.96. The number of carbonyl (C=O) groups is 1. The molecular weight excluding hydrogens is 320 g/mol. The molecule has 0 radical (unpaired) electrons. The van der Waals surface area contributed by atoms with E-state index < -0.39 is 0 Å². The van der Waals surface area contributed by atoms with Crippen molar-refractivity contribution in [1.29, 1.82) is 0 Å². The standard InChI is InChI=1S/C23H32N2O/c1-7-10-17-13-14-21(24-22(17)20(26)8-2)25-23-18(15(3)4)11-9-12-19(23)16(5)6/h9,11-16H,7-8,10H2,1-6H3,(H,24,25). The van der Waals surface area contributed by atoms with E-state index in [1.165, 1.54) is 11.1 Å². The summed E-state index contributed by atoms with van der Waals surface area (Å²) in [5.74, 6) is 1.68. The molecule has 2 rings (SSSR count). The van der Waals surface area contributed by atoms with Crippen molar-refractivity contribution >= 4 is 17.3 Å². The molecule has 1 aromatic carbocycles. The normalized spacial score (nSPS) is 11.2. The van der Waals surface area contributed by atoms with Crippen LogP contribution in [-0.4, -0.2) is 10.8 Å². The molecule has 0 aliphatic carbocycles. The van der Waals surface area contributed by atoms with E-state index in [4.69, 9.17) is 4.98 Å². The van der Waals surface area contributed by atoms with Crippen molar-refractivity contribution in [1.82, 2.24) is 4.98 Å². The molecule has 26 heavy (non-hydrogen) atoms. The molecule has 0 bridgehead atoms. The number of aromatic nitrogens is 1. The topological polar surface area (TPSA) is 42.0 Å². The number of pyridine rings is 1. The molecule has 140 valence electrons. The lowest BCUT2D eigenvalue weighted by Gasteiger charge is -2.21. The Labute approximate surface area is 158 Å². The molecule has 1 heterocycles. The number of hydrogen-bond donors (Lipinski definition) is 1. The van der Waals surface area contributed by atoms with Crippen LogP contribution in [0.15, 0.2) is 30.3 Å². The van der Waals surface area contributed by atoms with Gasteiger partial charge in [-0.05, 0) is 41.0 Å². The zero-order valence-corrected chi connectivity index (χ0v) is 17.0. The van der Waals surface area contributed by atoms with Crippen molar-refractivity contribution in [2.75, 3.05) is 5.32 Å². The first kappa shape index (κ1) is 20.2. The van der Waals surface area contributed by atoms with Gasteiger partial charge in [-0.3, -0.25) is 4.79 Å². The second kappa shape index (κ2) is 8.98. The lowest BCUT2D eigenvalue weighted by molar-refractivity contribution is 0.0982. The number of rotatable bonds is 8. The molecule has 0 saturated heterocycles. The molecule has 2 aromatic rings. The van der Waals surface area contributed by atoms with Gasteiger partial charge >= 0.3 is 0 Å². The Bertz CT molecular complexity index is 737. The van der Waals surface area contributed by atoms with Crippen LogP contribution in [0.1, 0.15) is 93.4 Å². The number of aryl methyl sites for hydroxylation is 1. The number of para-hydroxylation sites is 1. The molecule has 0 aliphatic heterocycles. The summed E-state index contributed by atoms with van der Waals surface area (Å²) in [4.78, 5) is 17.1. The van der Waals surface area contributed by atoms with Crippen molar-refractivity contribution < 1.29 is 4.79 Å². The SMILES string of the molecule is CCCc1ccc(Nc2c(C(C)C)cccc2C(C)C)nc1C(=O)CC. The molecule has 0 atom stereocenters. The van der Waals surface area contributed by atoms with E-state index in [-0.39, 0.29) is 5.78 Å². The smallest absolute Gasteiger partial charge is 0.181 e. The van der Waals surface area contributed by atoms with Gasteiger partial charge < -0.3 is 5.32 Å². The van der Waals surface area contributed by atoms with E-state index in [9.17, 15) is 4.79 Å². The Balaban J connectivity index is 2.50. The first-order valence-corrected chi connectivity index (χ1v) is 9.81. The third-order valence-corrected chi connectivity index (χ3v) is 4.71. The van der Waals surface area contributed by atoms with E-state index in [0.717, 1.165) is 29.9 Å². The average molecular weight is 353 g/mol. The molecule has 3 nitrogen and oxygen atoms in total. The molecule has 1 aromatic heterocycles. The molecule has 0 fully saturated rings. The molecule has 3 heteroatoms. The number of Topliss-reactive ketones (excluding diaryl/α,β-unsaturated/α-hetero) is 1. The van der Waals surface area contributed by atoms with Crippen LogP contribution in [0.25, 0.3) is 0 Å². The molecule has 0 aliphatic rings. The first-order valence-electron chi connectivity index (χ1n) is 9.81. The molecule has 0 amide bonds. The van der Waals surface area contributed by atoms with E-state index in [2.05, 4.69) is 64.2 Å². The van der Waals surface area contributed by atoms with Gasteiger partial charge in [-0.2, -0.15) is 0 Å². The van der Waals surface area contributed by atoms with Crippen LogP contribution >= 0.6 is 0 Å². The maximum Gasteiger partial charge on any atom is 0.181 e. The lowest BCUT2D eigenvalue weighted by atomic mass is 9.92. The molecule has 0 unspecified atom stereocenters. The highest BCUT2D eigenvalue weighted by atomic mass is 16.1. The summed E-state index contributed by atoms with van der Waals surface area (Å²) in [5, 5.41) is 3.53. The predicted molar refractivity (Wildman–Crippen MR) is 111 cm³/mol. The van der Waals surface area contributed by atoms with Crippen LogP contribution in [-0.2, 0) is 6.42 Å². The highest BCUT2D eigenvalue weighted by Crippen LogP contribution is 2.34. The quantitative estimate of drug-likeness (QED) is 0.543. The Morgan fingerprint density at radius 3 is 2.12 bits per heavy atom. The van der Waals surface area contributed by atoms with E-state index in [1.807, 2.05) is 13.0 Å². The van der Waals surface area contributed by atoms with Gasteiger partial charge in [0, 0.05) is 12.1 Å². The summed E-state index contributed by atoms with van der Waals surface area (Å²) >= 11 is 0. The zero-order chi connectivity index (χ0) is 19.3. The van der Waals surface area contributed by atoms with Crippen LogP contribution in [0.2, 0.25) is 0 Å². The van der Waals surface area contributed by atoms with Gasteiger partial charge in [0.1, 0.15) is 11.5 Å². The zero-order valence-electron chi connectivity index (χ0n) is 17.0. The van der Waals surface area contributed by atoms with Gasteiger partial charge in [-0.25, -0.2) is 4.98 Å². The second-order valence-electron chi connectivity index (χ2n) is 7.48. The van der Waals surface area contributed by atoms with Gasteiger partial charge in [0.25, 0.3) is 0 Å². The van der Waals surface area contributed by atoms with Crippen molar-refractivity contribution in [3.8, 4) is 0 Å².